The highest BCUT2D eigenvalue weighted by Gasteiger charge is 2.11. The van der Waals surface area contributed by atoms with Gasteiger partial charge in [-0.2, -0.15) is 12.6 Å². The van der Waals surface area contributed by atoms with Crippen LogP contribution in [0.3, 0.4) is 0 Å². The van der Waals surface area contributed by atoms with Crippen molar-refractivity contribution in [2.24, 2.45) is 0 Å². The maximum Gasteiger partial charge on any atom is 0.126 e. The highest BCUT2D eigenvalue weighted by Crippen LogP contribution is 2.29. The second-order valence-corrected chi connectivity index (χ2v) is 4.85. The highest BCUT2D eigenvalue weighted by atomic mass is 32.1. The molecule has 1 N–H and O–H groups in total. The minimum atomic E-state index is 0.865. The Bertz CT molecular complexity index is 377. The summed E-state index contributed by atoms with van der Waals surface area (Å²) < 4.78 is 5.54. The summed E-state index contributed by atoms with van der Waals surface area (Å²) in [5.74, 6) is 1.96. The van der Waals surface area contributed by atoms with Crippen molar-refractivity contribution in [1.29, 1.82) is 0 Å². The number of benzene rings is 1. The first-order valence-electron chi connectivity index (χ1n) is 6.07. The molecule has 0 fully saturated rings. The molecule has 0 aliphatic carbocycles. The van der Waals surface area contributed by atoms with Gasteiger partial charge in [-0.1, -0.05) is 6.07 Å². The van der Waals surface area contributed by atoms with E-state index in [1.165, 1.54) is 22.3 Å². The van der Waals surface area contributed by atoms with Crippen LogP contribution in [0, 0.1) is 20.8 Å². The number of aryl methyl sites for hydroxylation is 2. The molecule has 2 nitrogen and oxygen atoms in total. The fourth-order valence-electron chi connectivity index (χ4n) is 2.02. The van der Waals surface area contributed by atoms with Crippen molar-refractivity contribution in [2.45, 2.75) is 33.7 Å². The van der Waals surface area contributed by atoms with Crippen LogP contribution >= 0.6 is 12.6 Å². The monoisotopic (exact) mass is 253 g/mol. The third kappa shape index (κ3) is 3.65. The van der Waals surface area contributed by atoms with Gasteiger partial charge in [-0.25, -0.2) is 0 Å². The lowest BCUT2D eigenvalue weighted by Crippen LogP contribution is -2.17. The van der Waals surface area contributed by atoms with Crippen LogP contribution in [0.2, 0.25) is 0 Å². The first-order chi connectivity index (χ1) is 8.11. The fraction of sp³-hybridized carbons (Fsp3) is 0.571. The van der Waals surface area contributed by atoms with E-state index in [1.807, 2.05) is 0 Å². The summed E-state index contributed by atoms with van der Waals surface area (Å²) in [6.45, 7) is 8.25. The fourth-order valence-corrected chi connectivity index (χ4v) is 2.18. The van der Waals surface area contributed by atoms with Crippen molar-refractivity contribution in [3.8, 4) is 5.75 Å². The van der Waals surface area contributed by atoms with Crippen LogP contribution in [0.1, 0.15) is 28.7 Å². The summed E-state index contributed by atoms with van der Waals surface area (Å²) in [6.07, 6.45) is 1.09. The number of hydrogen-bond donors (Lipinski definition) is 2. The summed E-state index contributed by atoms with van der Waals surface area (Å²) in [5.41, 5.74) is 5.10. The highest BCUT2D eigenvalue weighted by molar-refractivity contribution is 7.80. The van der Waals surface area contributed by atoms with Crippen molar-refractivity contribution < 1.29 is 4.74 Å². The van der Waals surface area contributed by atoms with Gasteiger partial charge in [0.05, 0.1) is 7.11 Å². The van der Waals surface area contributed by atoms with E-state index in [2.05, 4.69) is 44.8 Å². The number of rotatable bonds is 6. The number of methoxy groups -OCH3 is 1. The van der Waals surface area contributed by atoms with E-state index >= 15 is 0 Å². The molecule has 0 atom stereocenters. The second-order valence-electron chi connectivity index (χ2n) is 4.40. The van der Waals surface area contributed by atoms with Crippen molar-refractivity contribution in [1.82, 2.24) is 5.32 Å². The van der Waals surface area contributed by atoms with Crippen LogP contribution in [-0.4, -0.2) is 19.4 Å². The molecule has 0 bridgehead atoms. The molecule has 0 radical (unpaired) electrons. The Balaban J connectivity index is 2.86. The first-order valence-corrected chi connectivity index (χ1v) is 6.70. The first kappa shape index (κ1) is 14.4. The summed E-state index contributed by atoms with van der Waals surface area (Å²) in [4.78, 5) is 0. The predicted octanol–water partition coefficient (Wildman–Crippen LogP) is 3.03. The Morgan fingerprint density at radius 3 is 2.53 bits per heavy atom. The summed E-state index contributed by atoms with van der Waals surface area (Å²) in [6, 6.07) is 2.23. The van der Waals surface area contributed by atoms with Crippen LogP contribution in [0.4, 0.5) is 0 Å². The summed E-state index contributed by atoms with van der Waals surface area (Å²) >= 11 is 4.20. The number of thiol groups is 1. The Kier molecular flexibility index (Phi) is 5.86. The van der Waals surface area contributed by atoms with Gasteiger partial charge < -0.3 is 10.1 Å². The smallest absolute Gasteiger partial charge is 0.126 e. The molecule has 1 aromatic rings. The number of ether oxygens (including phenoxy) is 1. The van der Waals surface area contributed by atoms with Gasteiger partial charge in [-0.05, 0) is 56.2 Å². The zero-order chi connectivity index (χ0) is 12.8. The molecule has 17 heavy (non-hydrogen) atoms. The Labute approximate surface area is 110 Å². The van der Waals surface area contributed by atoms with Crippen LogP contribution in [-0.2, 0) is 6.54 Å². The average Bonchev–Trinajstić information content (AvgIpc) is 2.31. The van der Waals surface area contributed by atoms with Gasteiger partial charge >= 0.3 is 0 Å². The minimum Gasteiger partial charge on any atom is -0.496 e. The molecule has 1 rings (SSSR count). The molecule has 0 aliphatic rings. The number of hydrogen-bond acceptors (Lipinski definition) is 3. The third-order valence-corrected chi connectivity index (χ3v) is 3.45. The van der Waals surface area contributed by atoms with Gasteiger partial charge in [-0.15, -0.1) is 0 Å². The van der Waals surface area contributed by atoms with E-state index < -0.39 is 0 Å². The quantitative estimate of drug-likeness (QED) is 0.600. The van der Waals surface area contributed by atoms with Crippen LogP contribution in [0.25, 0.3) is 0 Å². The molecular formula is C14H23NOS. The van der Waals surface area contributed by atoms with Gasteiger partial charge in [0.2, 0.25) is 0 Å². The van der Waals surface area contributed by atoms with Crippen molar-refractivity contribution in [2.75, 3.05) is 19.4 Å². The third-order valence-electron chi connectivity index (χ3n) is 3.13. The average molecular weight is 253 g/mol. The molecule has 96 valence electrons. The lowest BCUT2D eigenvalue weighted by atomic mass is 9.99. The maximum absolute atomic E-state index is 5.54. The minimum absolute atomic E-state index is 0.865. The largest absolute Gasteiger partial charge is 0.496 e. The zero-order valence-corrected chi connectivity index (χ0v) is 12.2. The summed E-state index contributed by atoms with van der Waals surface area (Å²) in [5, 5.41) is 3.44. The van der Waals surface area contributed by atoms with Crippen molar-refractivity contribution >= 4 is 12.6 Å². The number of nitrogens with one attached hydrogen (secondary N) is 1. The Morgan fingerprint density at radius 2 is 1.94 bits per heavy atom. The van der Waals surface area contributed by atoms with Gasteiger partial charge in [0.15, 0.2) is 0 Å². The van der Waals surface area contributed by atoms with Gasteiger partial charge in [0, 0.05) is 12.1 Å². The van der Waals surface area contributed by atoms with E-state index in [1.54, 1.807) is 7.11 Å². The van der Waals surface area contributed by atoms with E-state index in [0.717, 1.165) is 31.0 Å². The van der Waals surface area contributed by atoms with E-state index in [9.17, 15) is 0 Å². The molecule has 0 saturated heterocycles. The molecule has 0 aromatic heterocycles. The molecule has 1 aromatic carbocycles. The van der Waals surface area contributed by atoms with E-state index in [0.29, 0.717) is 0 Å². The molecule has 0 amide bonds. The maximum atomic E-state index is 5.54. The molecular weight excluding hydrogens is 230 g/mol. The van der Waals surface area contributed by atoms with E-state index in [-0.39, 0.29) is 0 Å². The topological polar surface area (TPSA) is 21.3 Å². The van der Waals surface area contributed by atoms with Gasteiger partial charge in [0.1, 0.15) is 5.75 Å². The molecule has 0 heterocycles. The normalized spacial score (nSPS) is 10.6. The van der Waals surface area contributed by atoms with Crippen molar-refractivity contribution in [3.05, 3.63) is 28.3 Å². The Hall–Kier alpha value is -0.670. The lowest BCUT2D eigenvalue weighted by Gasteiger charge is -2.17. The Morgan fingerprint density at radius 1 is 1.24 bits per heavy atom. The molecule has 0 aliphatic heterocycles. The van der Waals surface area contributed by atoms with Gasteiger partial charge in [0.25, 0.3) is 0 Å². The van der Waals surface area contributed by atoms with E-state index in [4.69, 9.17) is 4.74 Å². The molecule has 3 heteroatoms. The predicted molar refractivity (Wildman–Crippen MR) is 77.4 cm³/mol. The van der Waals surface area contributed by atoms with Gasteiger partial charge in [-0.3, -0.25) is 0 Å². The van der Waals surface area contributed by atoms with Crippen LogP contribution < -0.4 is 10.1 Å². The lowest BCUT2D eigenvalue weighted by molar-refractivity contribution is 0.403. The standard InChI is InChI=1S/C14H23NOS/c1-10-8-11(2)13(9-15-6-5-7-17)14(16-4)12(10)3/h8,15,17H,5-7,9H2,1-4H3. The molecule has 0 saturated carbocycles. The zero-order valence-electron chi connectivity index (χ0n) is 11.3. The summed E-state index contributed by atoms with van der Waals surface area (Å²) in [7, 11) is 1.75. The van der Waals surface area contributed by atoms with Crippen LogP contribution in [0.5, 0.6) is 5.75 Å². The second kappa shape index (κ2) is 6.92. The SMILES string of the molecule is COc1c(C)c(C)cc(C)c1CNCCCS. The molecule has 0 unspecified atom stereocenters. The van der Waals surface area contributed by atoms with Crippen LogP contribution in [0.15, 0.2) is 6.07 Å². The van der Waals surface area contributed by atoms with Crippen molar-refractivity contribution in [3.63, 3.8) is 0 Å². The molecule has 0 spiro atoms.